The second-order valence-electron chi connectivity index (χ2n) is 2.87. The van der Waals surface area contributed by atoms with E-state index in [1.807, 2.05) is 0 Å². The van der Waals surface area contributed by atoms with Gasteiger partial charge in [0.15, 0.2) is 11.6 Å². The molecule has 0 atom stereocenters. The molecule has 0 heterocycles. The van der Waals surface area contributed by atoms with Crippen molar-refractivity contribution < 1.29 is 22.3 Å². The van der Waals surface area contributed by atoms with Crippen LogP contribution < -0.4 is 4.74 Å². The monoisotopic (exact) mass is 268 g/mol. The van der Waals surface area contributed by atoms with Crippen LogP contribution in [0.2, 0.25) is 0 Å². The van der Waals surface area contributed by atoms with Crippen LogP contribution in [0.4, 0.5) is 4.39 Å². The smallest absolute Gasteiger partial charge is 0.261 e. The molecule has 0 fully saturated rings. The van der Waals surface area contributed by atoms with Crippen molar-refractivity contribution in [3.8, 4) is 5.75 Å². The zero-order valence-electron chi connectivity index (χ0n) is 8.44. The van der Waals surface area contributed by atoms with Gasteiger partial charge in [0.1, 0.15) is 6.61 Å². The molecule has 0 bridgehead atoms. The first-order valence-corrected chi connectivity index (χ1v) is 6.62. The summed E-state index contributed by atoms with van der Waals surface area (Å²) < 4.78 is 44.8. The molecule has 0 spiro atoms. The Morgan fingerprint density at radius 2 is 2.06 bits per heavy atom. The Bertz CT molecular complexity index is 461. The van der Waals surface area contributed by atoms with Crippen LogP contribution in [0.3, 0.4) is 0 Å². The highest BCUT2D eigenvalue weighted by Gasteiger charge is 2.13. The standard InChI is InChI=1S/C9H10ClFO4S/c1-14-4-5-15-9-3-2-7(6-8(9)11)16(10,12)13/h2-3,6H,4-5H2,1H3. The highest BCUT2D eigenvalue weighted by Crippen LogP contribution is 2.23. The highest BCUT2D eigenvalue weighted by atomic mass is 35.7. The molecule has 0 aliphatic carbocycles. The Hall–Kier alpha value is -0.850. The van der Waals surface area contributed by atoms with Gasteiger partial charge in [0, 0.05) is 17.8 Å². The van der Waals surface area contributed by atoms with Crippen molar-refractivity contribution >= 4 is 19.7 Å². The van der Waals surface area contributed by atoms with Gasteiger partial charge in [-0.15, -0.1) is 0 Å². The average Bonchev–Trinajstić information content (AvgIpc) is 2.19. The molecule has 1 aromatic carbocycles. The first-order chi connectivity index (χ1) is 7.45. The summed E-state index contributed by atoms with van der Waals surface area (Å²) in [5.74, 6) is -0.820. The van der Waals surface area contributed by atoms with E-state index in [-0.39, 0.29) is 17.3 Å². The van der Waals surface area contributed by atoms with Gasteiger partial charge in [-0.05, 0) is 18.2 Å². The van der Waals surface area contributed by atoms with Gasteiger partial charge in [0.25, 0.3) is 9.05 Å². The maximum atomic E-state index is 13.3. The Morgan fingerprint density at radius 1 is 1.38 bits per heavy atom. The largest absolute Gasteiger partial charge is 0.488 e. The summed E-state index contributed by atoms with van der Waals surface area (Å²) in [5, 5.41) is 0. The predicted molar refractivity (Wildman–Crippen MR) is 56.8 cm³/mol. The SMILES string of the molecule is COCCOc1ccc(S(=O)(=O)Cl)cc1F. The summed E-state index contributed by atoms with van der Waals surface area (Å²) >= 11 is 0. The number of rotatable bonds is 5. The van der Waals surface area contributed by atoms with E-state index >= 15 is 0 Å². The zero-order chi connectivity index (χ0) is 12.2. The Balaban J connectivity index is 2.84. The molecule has 1 aromatic rings. The lowest BCUT2D eigenvalue weighted by atomic mass is 10.3. The summed E-state index contributed by atoms with van der Waals surface area (Å²) in [7, 11) is 2.63. The van der Waals surface area contributed by atoms with Crippen molar-refractivity contribution in [3.05, 3.63) is 24.0 Å². The molecule has 0 aromatic heterocycles. The second kappa shape index (κ2) is 5.47. The van der Waals surface area contributed by atoms with Gasteiger partial charge < -0.3 is 9.47 Å². The summed E-state index contributed by atoms with van der Waals surface area (Å²) in [6, 6.07) is 3.19. The van der Waals surface area contributed by atoms with Gasteiger partial charge in [-0.25, -0.2) is 12.8 Å². The van der Waals surface area contributed by atoms with Gasteiger partial charge in [-0.3, -0.25) is 0 Å². The van der Waals surface area contributed by atoms with Crippen molar-refractivity contribution in [2.45, 2.75) is 4.90 Å². The Labute approximate surface area is 97.4 Å². The van der Waals surface area contributed by atoms with Crippen molar-refractivity contribution in [3.63, 3.8) is 0 Å². The molecule has 7 heteroatoms. The lowest BCUT2D eigenvalue weighted by Crippen LogP contribution is -2.05. The second-order valence-corrected chi connectivity index (χ2v) is 5.44. The third-order valence-corrected chi connectivity index (χ3v) is 3.08. The molecule has 0 saturated carbocycles. The molecule has 0 N–H and O–H groups in total. The predicted octanol–water partition coefficient (Wildman–Crippen LogP) is 1.78. The average molecular weight is 269 g/mol. The van der Waals surface area contributed by atoms with Crippen LogP contribution in [-0.4, -0.2) is 28.7 Å². The van der Waals surface area contributed by atoms with Crippen LogP contribution in [-0.2, 0) is 13.8 Å². The molecular formula is C9H10ClFO4S. The topological polar surface area (TPSA) is 52.6 Å². The third kappa shape index (κ3) is 3.62. The maximum absolute atomic E-state index is 13.3. The fourth-order valence-electron chi connectivity index (χ4n) is 0.985. The Morgan fingerprint density at radius 3 is 2.56 bits per heavy atom. The van der Waals surface area contributed by atoms with Gasteiger partial charge in [0.05, 0.1) is 11.5 Å². The van der Waals surface area contributed by atoms with E-state index < -0.39 is 14.9 Å². The van der Waals surface area contributed by atoms with Gasteiger partial charge in [-0.2, -0.15) is 0 Å². The van der Waals surface area contributed by atoms with Gasteiger partial charge in [0.2, 0.25) is 0 Å². The quantitative estimate of drug-likeness (QED) is 0.603. The van der Waals surface area contributed by atoms with E-state index in [1.165, 1.54) is 19.2 Å². The summed E-state index contributed by atoms with van der Waals surface area (Å²) in [4.78, 5) is -0.300. The molecule has 0 radical (unpaired) electrons. The fourth-order valence-corrected chi connectivity index (χ4v) is 1.75. The summed E-state index contributed by atoms with van der Waals surface area (Å²) in [5.41, 5.74) is 0. The number of hydrogen-bond acceptors (Lipinski definition) is 4. The Kier molecular flexibility index (Phi) is 4.52. The molecular weight excluding hydrogens is 259 g/mol. The minimum absolute atomic E-state index is 0.0406. The number of benzene rings is 1. The molecule has 16 heavy (non-hydrogen) atoms. The first kappa shape index (κ1) is 13.2. The van der Waals surface area contributed by atoms with Crippen molar-refractivity contribution in [2.24, 2.45) is 0 Å². The molecule has 0 amide bonds. The van der Waals surface area contributed by atoms with E-state index in [0.29, 0.717) is 6.61 Å². The lowest BCUT2D eigenvalue weighted by Gasteiger charge is -2.06. The molecule has 0 saturated heterocycles. The molecule has 1 rings (SSSR count). The summed E-state index contributed by atoms with van der Waals surface area (Å²) in [6.07, 6.45) is 0. The van der Waals surface area contributed by atoms with Crippen LogP contribution in [0, 0.1) is 5.82 Å². The number of halogens is 2. The van der Waals surface area contributed by atoms with Crippen LogP contribution in [0.1, 0.15) is 0 Å². The normalized spacial score (nSPS) is 11.4. The molecule has 0 aliphatic heterocycles. The summed E-state index contributed by atoms with van der Waals surface area (Å²) in [6.45, 7) is 0.495. The first-order valence-electron chi connectivity index (χ1n) is 4.31. The third-order valence-electron chi connectivity index (χ3n) is 1.73. The molecule has 4 nitrogen and oxygen atoms in total. The maximum Gasteiger partial charge on any atom is 0.261 e. The van der Waals surface area contributed by atoms with Crippen LogP contribution in [0.15, 0.2) is 23.1 Å². The van der Waals surface area contributed by atoms with E-state index in [1.54, 1.807) is 0 Å². The van der Waals surface area contributed by atoms with E-state index in [2.05, 4.69) is 0 Å². The molecule has 0 unspecified atom stereocenters. The van der Waals surface area contributed by atoms with Crippen LogP contribution >= 0.6 is 10.7 Å². The van der Waals surface area contributed by atoms with Gasteiger partial charge >= 0.3 is 0 Å². The van der Waals surface area contributed by atoms with E-state index in [0.717, 1.165) is 6.07 Å². The number of ether oxygens (including phenoxy) is 2. The fraction of sp³-hybridized carbons (Fsp3) is 0.333. The van der Waals surface area contributed by atoms with Gasteiger partial charge in [-0.1, -0.05) is 0 Å². The van der Waals surface area contributed by atoms with Crippen molar-refractivity contribution in [2.75, 3.05) is 20.3 Å². The van der Waals surface area contributed by atoms with Crippen LogP contribution in [0.5, 0.6) is 5.75 Å². The molecule has 0 aliphatic rings. The zero-order valence-corrected chi connectivity index (χ0v) is 10.0. The molecule has 90 valence electrons. The minimum atomic E-state index is -3.92. The highest BCUT2D eigenvalue weighted by molar-refractivity contribution is 8.13. The van der Waals surface area contributed by atoms with Crippen molar-refractivity contribution in [1.82, 2.24) is 0 Å². The number of hydrogen-bond donors (Lipinski definition) is 0. The van der Waals surface area contributed by atoms with E-state index in [4.69, 9.17) is 20.2 Å². The van der Waals surface area contributed by atoms with Crippen LogP contribution in [0.25, 0.3) is 0 Å². The minimum Gasteiger partial charge on any atom is -0.488 e. The number of methoxy groups -OCH3 is 1. The van der Waals surface area contributed by atoms with Crippen molar-refractivity contribution in [1.29, 1.82) is 0 Å². The van der Waals surface area contributed by atoms with E-state index in [9.17, 15) is 12.8 Å². The lowest BCUT2D eigenvalue weighted by molar-refractivity contribution is 0.144.